The Labute approximate surface area is 89.0 Å². The van der Waals surface area contributed by atoms with Crippen molar-refractivity contribution in [3.05, 3.63) is 28.6 Å². The summed E-state index contributed by atoms with van der Waals surface area (Å²) >= 11 is 10.1. The zero-order chi connectivity index (χ0) is 10.0. The lowest BCUT2D eigenvalue weighted by atomic mass is 10.3. The predicted octanol–water partition coefficient (Wildman–Crippen LogP) is 2.64. The molecule has 0 saturated carbocycles. The van der Waals surface area contributed by atoms with Gasteiger partial charge in [-0.2, -0.15) is 17.7 Å². The molecule has 0 N–H and O–H groups in total. The molecule has 0 aromatic carbocycles. The first kappa shape index (κ1) is 10.7. The highest BCUT2D eigenvalue weighted by atomic mass is 35.5. The van der Waals surface area contributed by atoms with Gasteiger partial charge in [-0.3, -0.25) is 4.68 Å². The van der Waals surface area contributed by atoms with Crippen molar-refractivity contribution in [1.82, 2.24) is 9.78 Å². The smallest absolute Gasteiger partial charge is 0.0844 e. The molecule has 0 spiro atoms. The average Bonchev–Trinajstić information content (AvgIpc) is 2.34. The minimum absolute atomic E-state index is 0.677. The fourth-order valence-corrected chi connectivity index (χ4v) is 1.33. The van der Waals surface area contributed by atoms with Crippen LogP contribution in [-0.4, -0.2) is 15.5 Å². The molecule has 0 saturated heterocycles. The topological polar surface area (TPSA) is 17.8 Å². The molecule has 1 rings (SSSR count). The summed E-state index contributed by atoms with van der Waals surface area (Å²) in [6.45, 7) is 8.42. The van der Waals surface area contributed by atoms with Crippen molar-refractivity contribution in [1.29, 1.82) is 0 Å². The summed E-state index contributed by atoms with van der Waals surface area (Å²) < 4.78 is 1.86. The summed E-state index contributed by atoms with van der Waals surface area (Å²) in [6, 6.07) is 0. The molecular formula is C9H13ClN2S. The molecule has 1 aromatic heterocycles. The molecule has 1 heterocycles. The summed E-state index contributed by atoms with van der Waals surface area (Å²) in [5.41, 5.74) is 2.89. The second-order valence-corrected chi connectivity index (χ2v) is 3.74. The fourth-order valence-electron chi connectivity index (χ4n) is 1.09. The third-order valence-electron chi connectivity index (χ3n) is 1.89. The minimum atomic E-state index is 0.677. The van der Waals surface area contributed by atoms with E-state index in [0.29, 0.717) is 12.3 Å². The number of rotatable bonds is 3. The molecule has 72 valence electrons. The van der Waals surface area contributed by atoms with Gasteiger partial charge in [-0.25, -0.2) is 0 Å². The van der Waals surface area contributed by atoms with Gasteiger partial charge >= 0.3 is 0 Å². The molecule has 0 aliphatic heterocycles. The molecule has 0 aliphatic carbocycles. The zero-order valence-electron chi connectivity index (χ0n) is 7.84. The summed E-state index contributed by atoms with van der Waals surface area (Å²) in [5, 5.41) is 5.03. The van der Waals surface area contributed by atoms with Gasteiger partial charge in [0.15, 0.2) is 0 Å². The lowest BCUT2D eigenvalue weighted by Gasteiger charge is -2.04. The zero-order valence-corrected chi connectivity index (χ0v) is 9.49. The van der Waals surface area contributed by atoms with Crippen molar-refractivity contribution in [3.63, 3.8) is 0 Å². The van der Waals surface area contributed by atoms with E-state index in [1.807, 2.05) is 18.5 Å². The first-order valence-corrected chi connectivity index (χ1v) is 5.04. The van der Waals surface area contributed by atoms with E-state index in [9.17, 15) is 0 Å². The normalized spacial score (nSPS) is 10.5. The SMILES string of the molecule is C=C(CS)Cn1nc(C)c(Cl)c1C. The van der Waals surface area contributed by atoms with E-state index in [-0.39, 0.29) is 0 Å². The van der Waals surface area contributed by atoms with Gasteiger partial charge in [0.1, 0.15) is 0 Å². The van der Waals surface area contributed by atoms with Gasteiger partial charge in [-0.15, -0.1) is 0 Å². The number of hydrogen-bond acceptors (Lipinski definition) is 2. The molecule has 0 atom stereocenters. The van der Waals surface area contributed by atoms with Crippen LogP contribution >= 0.6 is 24.2 Å². The molecule has 0 bridgehead atoms. The van der Waals surface area contributed by atoms with E-state index in [4.69, 9.17) is 11.6 Å². The average molecular weight is 217 g/mol. The Hall–Kier alpha value is -0.410. The summed E-state index contributed by atoms with van der Waals surface area (Å²) in [4.78, 5) is 0. The molecule has 0 fully saturated rings. The van der Waals surface area contributed by atoms with Gasteiger partial charge in [0.05, 0.1) is 23.0 Å². The van der Waals surface area contributed by atoms with Gasteiger partial charge in [0.2, 0.25) is 0 Å². The molecule has 0 unspecified atom stereocenters. The fraction of sp³-hybridized carbons (Fsp3) is 0.444. The standard InChI is InChI=1S/C9H13ClN2S/c1-6(5-13)4-12-8(3)9(10)7(2)11-12/h13H,1,4-5H2,2-3H3. The molecule has 4 heteroatoms. The van der Waals surface area contributed by atoms with Crippen molar-refractivity contribution in [2.24, 2.45) is 0 Å². The number of hydrogen-bond donors (Lipinski definition) is 1. The first-order chi connectivity index (χ1) is 6.06. The van der Waals surface area contributed by atoms with E-state index in [0.717, 1.165) is 22.0 Å². The molecule has 13 heavy (non-hydrogen) atoms. The summed E-state index contributed by atoms with van der Waals surface area (Å²) in [7, 11) is 0. The van der Waals surface area contributed by atoms with E-state index < -0.39 is 0 Å². The van der Waals surface area contributed by atoms with Crippen LogP contribution in [0.1, 0.15) is 11.4 Å². The van der Waals surface area contributed by atoms with Crippen LogP contribution in [0.15, 0.2) is 12.2 Å². The lowest BCUT2D eigenvalue weighted by Crippen LogP contribution is -2.05. The van der Waals surface area contributed by atoms with Crippen molar-refractivity contribution in [2.45, 2.75) is 20.4 Å². The Morgan fingerprint density at radius 2 is 2.23 bits per heavy atom. The Morgan fingerprint density at radius 3 is 2.62 bits per heavy atom. The molecule has 2 nitrogen and oxygen atoms in total. The van der Waals surface area contributed by atoms with Crippen LogP contribution in [0, 0.1) is 13.8 Å². The Kier molecular flexibility index (Phi) is 3.45. The monoisotopic (exact) mass is 216 g/mol. The number of aryl methyl sites for hydroxylation is 1. The maximum atomic E-state index is 5.99. The molecular weight excluding hydrogens is 204 g/mol. The molecule has 1 aromatic rings. The number of nitrogens with zero attached hydrogens (tertiary/aromatic N) is 2. The van der Waals surface area contributed by atoms with Crippen LogP contribution < -0.4 is 0 Å². The Bertz CT molecular complexity index is 331. The van der Waals surface area contributed by atoms with Crippen molar-refractivity contribution in [2.75, 3.05) is 5.75 Å². The second kappa shape index (κ2) is 4.20. The first-order valence-electron chi connectivity index (χ1n) is 4.03. The van der Waals surface area contributed by atoms with Crippen molar-refractivity contribution < 1.29 is 0 Å². The highest BCUT2D eigenvalue weighted by molar-refractivity contribution is 7.80. The molecule has 0 aliphatic rings. The van der Waals surface area contributed by atoms with Crippen LogP contribution in [0.3, 0.4) is 0 Å². The molecule has 0 amide bonds. The van der Waals surface area contributed by atoms with Gasteiger partial charge in [0.25, 0.3) is 0 Å². The summed E-state index contributed by atoms with van der Waals surface area (Å²) in [5.74, 6) is 0.677. The Morgan fingerprint density at radius 1 is 1.62 bits per heavy atom. The maximum Gasteiger partial charge on any atom is 0.0844 e. The number of thiol groups is 1. The van der Waals surface area contributed by atoms with Gasteiger partial charge in [-0.05, 0) is 19.4 Å². The Balaban J connectivity index is 2.90. The van der Waals surface area contributed by atoms with Crippen LogP contribution in [0.5, 0.6) is 0 Å². The highest BCUT2D eigenvalue weighted by Gasteiger charge is 2.08. The second-order valence-electron chi connectivity index (χ2n) is 3.05. The quantitative estimate of drug-likeness (QED) is 0.608. The van der Waals surface area contributed by atoms with Crippen LogP contribution in [0.2, 0.25) is 5.02 Å². The third kappa shape index (κ3) is 2.29. The summed E-state index contributed by atoms with van der Waals surface area (Å²) in [6.07, 6.45) is 0. The number of halogens is 1. The van der Waals surface area contributed by atoms with Crippen LogP contribution in [-0.2, 0) is 6.54 Å². The van der Waals surface area contributed by atoms with Crippen molar-refractivity contribution in [3.8, 4) is 0 Å². The van der Waals surface area contributed by atoms with E-state index in [1.165, 1.54) is 0 Å². The predicted molar refractivity (Wildman–Crippen MR) is 59.7 cm³/mol. The number of aromatic nitrogens is 2. The highest BCUT2D eigenvalue weighted by Crippen LogP contribution is 2.19. The van der Waals surface area contributed by atoms with Crippen LogP contribution in [0.25, 0.3) is 0 Å². The van der Waals surface area contributed by atoms with Gasteiger partial charge in [0, 0.05) is 5.75 Å². The lowest BCUT2D eigenvalue weighted by molar-refractivity contribution is 0.653. The largest absolute Gasteiger partial charge is 0.264 e. The molecule has 0 radical (unpaired) electrons. The van der Waals surface area contributed by atoms with Crippen molar-refractivity contribution >= 4 is 24.2 Å². The van der Waals surface area contributed by atoms with Crippen LogP contribution in [0.4, 0.5) is 0 Å². The third-order valence-corrected chi connectivity index (χ3v) is 2.88. The minimum Gasteiger partial charge on any atom is -0.264 e. The van der Waals surface area contributed by atoms with Gasteiger partial charge < -0.3 is 0 Å². The van der Waals surface area contributed by atoms with Gasteiger partial charge in [-0.1, -0.05) is 18.2 Å². The van der Waals surface area contributed by atoms with E-state index in [1.54, 1.807) is 0 Å². The maximum absolute atomic E-state index is 5.99. The van der Waals surface area contributed by atoms with E-state index >= 15 is 0 Å². The van der Waals surface area contributed by atoms with E-state index in [2.05, 4.69) is 24.3 Å².